The van der Waals surface area contributed by atoms with Gasteiger partial charge in [-0.25, -0.2) is 23.4 Å². The van der Waals surface area contributed by atoms with Crippen LogP contribution in [0.3, 0.4) is 0 Å². The first kappa shape index (κ1) is 22.9. The monoisotopic (exact) mass is 474 g/mol. The van der Waals surface area contributed by atoms with E-state index in [1.807, 2.05) is 4.57 Å². The highest BCUT2D eigenvalue weighted by Gasteiger charge is 2.32. The molecule has 1 aliphatic rings. The molecule has 1 aliphatic heterocycles. The van der Waals surface area contributed by atoms with E-state index in [2.05, 4.69) is 15.0 Å². The minimum absolute atomic E-state index is 0.211. The Kier molecular flexibility index (Phi) is 6.75. The van der Waals surface area contributed by atoms with E-state index in [0.29, 0.717) is 48.5 Å². The molecule has 4 rings (SSSR count). The SMILES string of the molecule is COc1ccc(S(=O)(=O)N2CCC(C(=O)OCCCn3cnc4c(N)ncnc43)CC2)cc1. The molecule has 0 atom stereocenters. The van der Waals surface area contributed by atoms with E-state index >= 15 is 0 Å². The number of ether oxygens (including phenoxy) is 2. The number of fused-ring (bicyclic) bond motifs is 1. The number of benzene rings is 1. The summed E-state index contributed by atoms with van der Waals surface area (Å²) in [4.78, 5) is 25.0. The minimum atomic E-state index is -3.61. The number of esters is 1. The van der Waals surface area contributed by atoms with Gasteiger partial charge in [-0.05, 0) is 43.5 Å². The molecule has 2 aromatic heterocycles. The summed E-state index contributed by atoms with van der Waals surface area (Å²) in [5.41, 5.74) is 6.97. The average Bonchev–Trinajstić information content (AvgIpc) is 3.26. The van der Waals surface area contributed by atoms with Gasteiger partial charge in [-0.15, -0.1) is 0 Å². The van der Waals surface area contributed by atoms with Crippen LogP contribution in [0.15, 0.2) is 41.8 Å². The molecule has 3 heterocycles. The van der Waals surface area contributed by atoms with Crippen LogP contribution in [-0.2, 0) is 26.1 Å². The van der Waals surface area contributed by atoms with Crippen molar-refractivity contribution in [1.29, 1.82) is 0 Å². The molecule has 1 saturated heterocycles. The first-order chi connectivity index (χ1) is 15.9. The maximum atomic E-state index is 12.8. The fraction of sp³-hybridized carbons (Fsp3) is 0.429. The molecule has 0 amide bonds. The summed E-state index contributed by atoms with van der Waals surface area (Å²) in [6.07, 6.45) is 4.46. The number of nitrogens with two attached hydrogens (primary N) is 1. The number of hydrogen-bond donors (Lipinski definition) is 1. The highest BCUT2D eigenvalue weighted by Crippen LogP contribution is 2.26. The maximum Gasteiger partial charge on any atom is 0.309 e. The number of aryl methyl sites for hydroxylation is 1. The summed E-state index contributed by atoms with van der Waals surface area (Å²) >= 11 is 0. The van der Waals surface area contributed by atoms with Crippen LogP contribution in [0.25, 0.3) is 11.2 Å². The van der Waals surface area contributed by atoms with Crippen LogP contribution in [0.5, 0.6) is 5.75 Å². The number of nitrogens with zero attached hydrogens (tertiary/aromatic N) is 5. The van der Waals surface area contributed by atoms with Crippen molar-refractivity contribution in [3.63, 3.8) is 0 Å². The van der Waals surface area contributed by atoms with E-state index in [0.717, 1.165) is 0 Å². The number of carbonyl (C=O) groups is 1. The van der Waals surface area contributed by atoms with Crippen molar-refractivity contribution in [2.24, 2.45) is 5.92 Å². The molecular weight excluding hydrogens is 448 g/mol. The van der Waals surface area contributed by atoms with Gasteiger partial charge < -0.3 is 19.8 Å². The zero-order chi connectivity index (χ0) is 23.4. The van der Waals surface area contributed by atoms with Crippen molar-refractivity contribution in [3.8, 4) is 5.75 Å². The van der Waals surface area contributed by atoms with Gasteiger partial charge in [-0.2, -0.15) is 4.31 Å². The Morgan fingerprint density at radius 1 is 1.15 bits per heavy atom. The van der Waals surface area contributed by atoms with E-state index in [1.165, 1.54) is 29.9 Å². The largest absolute Gasteiger partial charge is 0.497 e. The number of sulfonamides is 1. The first-order valence-electron chi connectivity index (χ1n) is 10.6. The quantitative estimate of drug-likeness (QED) is 0.379. The molecule has 2 N–H and O–H groups in total. The topological polar surface area (TPSA) is 143 Å². The van der Waals surface area contributed by atoms with E-state index in [4.69, 9.17) is 15.2 Å². The Balaban J connectivity index is 1.24. The van der Waals surface area contributed by atoms with Gasteiger partial charge in [0, 0.05) is 19.6 Å². The number of anilines is 1. The van der Waals surface area contributed by atoms with Crippen LogP contribution in [-0.4, -0.2) is 65.0 Å². The number of imidazole rings is 1. The summed E-state index contributed by atoms with van der Waals surface area (Å²) in [7, 11) is -2.08. The van der Waals surface area contributed by atoms with Crippen molar-refractivity contribution >= 4 is 33.0 Å². The minimum Gasteiger partial charge on any atom is -0.497 e. The third-order valence-electron chi connectivity index (χ3n) is 5.70. The zero-order valence-corrected chi connectivity index (χ0v) is 19.1. The number of aromatic nitrogens is 4. The number of hydrogen-bond acceptors (Lipinski definition) is 9. The van der Waals surface area contributed by atoms with Crippen LogP contribution >= 0.6 is 0 Å². The third kappa shape index (κ3) is 4.91. The Labute approximate surface area is 191 Å². The summed E-state index contributed by atoms with van der Waals surface area (Å²) < 4.78 is 39.5. The van der Waals surface area contributed by atoms with E-state index < -0.39 is 10.0 Å². The molecule has 0 aliphatic carbocycles. The molecule has 0 saturated carbocycles. The molecule has 11 nitrogen and oxygen atoms in total. The molecule has 0 spiro atoms. The predicted octanol–water partition coefficient (Wildman–Crippen LogP) is 1.45. The maximum absolute atomic E-state index is 12.8. The Morgan fingerprint density at radius 2 is 1.88 bits per heavy atom. The lowest BCUT2D eigenvalue weighted by Gasteiger charge is -2.30. The van der Waals surface area contributed by atoms with E-state index in [1.54, 1.807) is 18.5 Å². The number of rotatable bonds is 8. The lowest BCUT2D eigenvalue weighted by molar-refractivity contribution is -0.150. The summed E-state index contributed by atoms with van der Waals surface area (Å²) in [5, 5.41) is 0. The number of nitrogen functional groups attached to an aromatic ring is 1. The molecule has 0 radical (unpaired) electrons. The normalized spacial score (nSPS) is 15.5. The zero-order valence-electron chi connectivity index (χ0n) is 18.3. The van der Waals surface area contributed by atoms with Crippen molar-refractivity contribution in [1.82, 2.24) is 23.8 Å². The number of piperidine rings is 1. The fourth-order valence-corrected chi connectivity index (χ4v) is 5.29. The van der Waals surface area contributed by atoms with Gasteiger partial charge >= 0.3 is 5.97 Å². The Bertz CT molecular complexity index is 1220. The predicted molar refractivity (Wildman–Crippen MR) is 120 cm³/mol. The molecule has 3 aromatic rings. The average molecular weight is 475 g/mol. The number of methoxy groups -OCH3 is 1. The van der Waals surface area contributed by atoms with Crippen LogP contribution in [0, 0.1) is 5.92 Å². The fourth-order valence-electron chi connectivity index (χ4n) is 3.82. The first-order valence-corrected chi connectivity index (χ1v) is 12.1. The molecular formula is C21H26N6O5S. The Morgan fingerprint density at radius 3 is 2.58 bits per heavy atom. The smallest absolute Gasteiger partial charge is 0.309 e. The van der Waals surface area contributed by atoms with Crippen molar-refractivity contribution < 1.29 is 22.7 Å². The van der Waals surface area contributed by atoms with Gasteiger partial charge in [0.25, 0.3) is 0 Å². The molecule has 1 fully saturated rings. The molecule has 0 unspecified atom stereocenters. The highest BCUT2D eigenvalue weighted by atomic mass is 32.2. The van der Waals surface area contributed by atoms with E-state index in [-0.39, 0.29) is 36.5 Å². The second kappa shape index (κ2) is 9.71. The van der Waals surface area contributed by atoms with Gasteiger partial charge in [0.05, 0.1) is 30.9 Å². The Hall–Kier alpha value is -3.25. The van der Waals surface area contributed by atoms with Gasteiger partial charge in [-0.1, -0.05) is 0 Å². The van der Waals surface area contributed by atoms with Gasteiger partial charge in [0.1, 0.15) is 17.6 Å². The summed E-state index contributed by atoms with van der Waals surface area (Å²) in [6.45, 7) is 1.37. The molecule has 33 heavy (non-hydrogen) atoms. The summed E-state index contributed by atoms with van der Waals surface area (Å²) in [6, 6.07) is 6.29. The van der Waals surface area contributed by atoms with Gasteiger partial charge in [-0.3, -0.25) is 4.79 Å². The van der Waals surface area contributed by atoms with Crippen molar-refractivity contribution in [2.75, 3.05) is 32.5 Å². The lowest BCUT2D eigenvalue weighted by Crippen LogP contribution is -2.40. The molecule has 1 aromatic carbocycles. The van der Waals surface area contributed by atoms with Crippen LogP contribution in [0.1, 0.15) is 19.3 Å². The van der Waals surface area contributed by atoms with Crippen LogP contribution in [0.2, 0.25) is 0 Å². The van der Waals surface area contributed by atoms with Crippen LogP contribution < -0.4 is 10.5 Å². The second-order valence-corrected chi connectivity index (χ2v) is 9.68. The molecule has 0 bridgehead atoms. The lowest BCUT2D eigenvalue weighted by atomic mass is 9.98. The second-order valence-electron chi connectivity index (χ2n) is 7.74. The summed E-state index contributed by atoms with van der Waals surface area (Å²) in [5.74, 6) is 0.312. The van der Waals surface area contributed by atoms with E-state index in [9.17, 15) is 13.2 Å². The van der Waals surface area contributed by atoms with Gasteiger partial charge in [0.2, 0.25) is 10.0 Å². The third-order valence-corrected chi connectivity index (χ3v) is 7.61. The number of carbonyl (C=O) groups excluding carboxylic acids is 1. The van der Waals surface area contributed by atoms with Crippen LogP contribution in [0.4, 0.5) is 5.82 Å². The molecule has 176 valence electrons. The standard InChI is InChI=1S/C21H26N6O5S/c1-31-16-3-5-17(6-4-16)33(29,30)27-10-7-15(8-11-27)21(28)32-12-2-9-26-14-25-18-19(22)23-13-24-20(18)26/h3-6,13-15H,2,7-12H2,1H3,(H2,22,23,24). The molecule has 12 heteroatoms. The highest BCUT2D eigenvalue weighted by molar-refractivity contribution is 7.89. The van der Waals surface area contributed by atoms with Gasteiger partial charge in [0.15, 0.2) is 11.5 Å². The van der Waals surface area contributed by atoms with Crippen molar-refractivity contribution in [2.45, 2.75) is 30.7 Å². The van der Waals surface area contributed by atoms with Crippen molar-refractivity contribution in [3.05, 3.63) is 36.9 Å².